The molecule has 2 aromatic rings. The van der Waals surface area contributed by atoms with Crippen LogP contribution in [0.2, 0.25) is 0 Å². The first-order valence-corrected chi connectivity index (χ1v) is 8.36. The highest BCUT2D eigenvalue weighted by molar-refractivity contribution is 7.14. The second kappa shape index (κ2) is 8.88. The van der Waals surface area contributed by atoms with Gasteiger partial charge in [-0.05, 0) is 37.6 Å². The van der Waals surface area contributed by atoms with E-state index in [2.05, 4.69) is 15.5 Å². The first-order chi connectivity index (χ1) is 12.0. The van der Waals surface area contributed by atoms with E-state index in [4.69, 9.17) is 19.9 Å². The number of nitrogens with two attached hydrogens (primary N) is 1. The molecule has 8 nitrogen and oxygen atoms in total. The Morgan fingerprint density at radius 1 is 1.44 bits per heavy atom. The third kappa shape index (κ3) is 5.96. The number of rotatable bonds is 8. The maximum absolute atomic E-state index is 11.5. The summed E-state index contributed by atoms with van der Waals surface area (Å²) in [5.41, 5.74) is 9.11. The molecule has 0 fully saturated rings. The van der Waals surface area contributed by atoms with Crippen molar-refractivity contribution in [3.05, 3.63) is 29.1 Å². The van der Waals surface area contributed by atoms with Crippen LogP contribution in [0.3, 0.4) is 0 Å². The van der Waals surface area contributed by atoms with Crippen LogP contribution in [0.5, 0.6) is 11.5 Å². The number of esters is 1. The molecule has 0 bridgehead atoms. The molecule has 1 heterocycles. The van der Waals surface area contributed by atoms with Gasteiger partial charge in [0.2, 0.25) is 5.13 Å². The smallest absolute Gasteiger partial charge is 0.344 e. The van der Waals surface area contributed by atoms with Crippen LogP contribution in [-0.4, -0.2) is 37.0 Å². The number of carbonyl (C=O) groups is 1. The van der Waals surface area contributed by atoms with E-state index < -0.39 is 5.97 Å². The van der Waals surface area contributed by atoms with Gasteiger partial charge >= 0.3 is 5.97 Å². The lowest BCUT2D eigenvalue weighted by atomic mass is 10.2. The number of aromatic nitrogens is 1. The second-order valence-electron chi connectivity index (χ2n) is 5.19. The van der Waals surface area contributed by atoms with E-state index in [1.807, 2.05) is 0 Å². The van der Waals surface area contributed by atoms with Crippen LogP contribution in [0.1, 0.15) is 19.4 Å². The number of thiazole rings is 1. The van der Waals surface area contributed by atoms with Gasteiger partial charge in [-0.3, -0.25) is 5.43 Å². The fourth-order valence-electron chi connectivity index (χ4n) is 1.82. The molecule has 0 spiro atoms. The number of methoxy groups -OCH3 is 1. The van der Waals surface area contributed by atoms with Gasteiger partial charge in [-0.15, -0.1) is 11.3 Å². The predicted molar refractivity (Wildman–Crippen MR) is 97.5 cm³/mol. The molecule has 1 aromatic heterocycles. The molecule has 0 aliphatic heterocycles. The average molecular weight is 364 g/mol. The van der Waals surface area contributed by atoms with Crippen molar-refractivity contribution >= 4 is 34.5 Å². The zero-order valence-electron chi connectivity index (χ0n) is 14.2. The molecular weight excluding hydrogens is 344 g/mol. The highest BCUT2D eigenvalue weighted by Crippen LogP contribution is 2.27. The van der Waals surface area contributed by atoms with Crippen molar-refractivity contribution < 1.29 is 19.0 Å². The Morgan fingerprint density at radius 3 is 2.88 bits per heavy atom. The lowest BCUT2D eigenvalue weighted by molar-refractivity contribution is -0.149. The summed E-state index contributed by atoms with van der Waals surface area (Å²) >= 11 is 1.36. The number of hydrogen-bond donors (Lipinski definition) is 2. The molecule has 0 saturated carbocycles. The van der Waals surface area contributed by atoms with Crippen LogP contribution < -0.4 is 20.6 Å². The van der Waals surface area contributed by atoms with Gasteiger partial charge in [0.1, 0.15) is 5.82 Å². The summed E-state index contributed by atoms with van der Waals surface area (Å²) in [6.07, 6.45) is 1.42. The minimum absolute atomic E-state index is 0.183. The predicted octanol–water partition coefficient (Wildman–Crippen LogP) is 2.51. The van der Waals surface area contributed by atoms with Crippen molar-refractivity contribution in [3.63, 3.8) is 0 Å². The summed E-state index contributed by atoms with van der Waals surface area (Å²) < 4.78 is 15.7. The molecule has 134 valence electrons. The van der Waals surface area contributed by atoms with Gasteiger partial charge in [0.15, 0.2) is 18.1 Å². The fraction of sp³-hybridized carbons (Fsp3) is 0.312. The Balaban J connectivity index is 1.96. The Bertz CT molecular complexity index is 745. The lowest BCUT2D eigenvalue weighted by Gasteiger charge is -2.12. The fourth-order valence-corrected chi connectivity index (χ4v) is 2.37. The standard InChI is InChI=1S/C16H20N4O4S/c1-10(2)24-15(21)8-23-12-5-4-11(6-13(12)22-3)7-18-20-16-19-14(17)9-25-16/h4-7,9-10H,8,17H2,1-3H3,(H,19,20). The normalized spacial score (nSPS) is 10.9. The number of ether oxygens (including phenoxy) is 3. The Hall–Kier alpha value is -2.81. The van der Waals surface area contributed by atoms with Crippen molar-refractivity contribution in [2.45, 2.75) is 20.0 Å². The summed E-state index contributed by atoms with van der Waals surface area (Å²) in [6.45, 7) is 3.37. The van der Waals surface area contributed by atoms with E-state index >= 15 is 0 Å². The molecule has 0 radical (unpaired) electrons. The summed E-state index contributed by atoms with van der Waals surface area (Å²) in [6, 6.07) is 5.22. The molecule has 25 heavy (non-hydrogen) atoms. The molecule has 0 unspecified atom stereocenters. The van der Waals surface area contributed by atoms with Crippen LogP contribution in [-0.2, 0) is 9.53 Å². The summed E-state index contributed by atoms with van der Waals surface area (Å²) in [4.78, 5) is 15.6. The largest absolute Gasteiger partial charge is 0.493 e. The molecule has 0 amide bonds. The molecular formula is C16H20N4O4S. The average Bonchev–Trinajstić information content (AvgIpc) is 2.98. The molecule has 0 atom stereocenters. The minimum Gasteiger partial charge on any atom is -0.493 e. The number of nitrogen functional groups attached to an aromatic ring is 1. The monoisotopic (exact) mass is 364 g/mol. The van der Waals surface area contributed by atoms with E-state index in [9.17, 15) is 4.79 Å². The van der Waals surface area contributed by atoms with Gasteiger partial charge in [-0.2, -0.15) is 5.10 Å². The van der Waals surface area contributed by atoms with Crippen LogP contribution >= 0.6 is 11.3 Å². The van der Waals surface area contributed by atoms with Crippen molar-refractivity contribution in [1.29, 1.82) is 0 Å². The van der Waals surface area contributed by atoms with Crippen molar-refractivity contribution in [1.82, 2.24) is 4.98 Å². The van der Waals surface area contributed by atoms with E-state index in [1.54, 1.807) is 43.6 Å². The molecule has 0 aliphatic carbocycles. The Kier molecular flexibility index (Phi) is 6.58. The SMILES string of the molecule is COc1cc(C=NNc2nc(N)cs2)ccc1OCC(=O)OC(C)C. The van der Waals surface area contributed by atoms with Gasteiger partial charge in [0, 0.05) is 5.38 Å². The number of anilines is 2. The van der Waals surface area contributed by atoms with Crippen LogP contribution in [0.4, 0.5) is 10.9 Å². The van der Waals surface area contributed by atoms with Gasteiger partial charge in [-0.1, -0.05) is 0 Å². The van der Waals surface area contributed by atoms with E-state index in [0.29, 0.717) is 22.4 Å². The number of hydrazone groups is 1. The van der Waals surface area contributed by atoms with Gasteiger partial charge in [0.25, 0.3) is 0 Å². The third-order valence-corrected chi connectivity index (χ3v) is 3.56. The Morgan fingerprint density at radius 2 is 2.24 bits per heavy atom. The van der Waals surface area contributed by atoms with Gasteiger partial charge < -0.3 is 19.9 Å². The minimum atomic E-state index is -0.436. The van der Waals surface area contributed by atoms with Crippen molar-refractivity contribution in [3.8, 4) is 11.5 Å². The first kappa shape index (κ1) is 18.5. The molecule has 1 aromatic carbocycles. The van der Waals surface area contributed by atoms with Crippen LogP contribution in [0.15, 0.2) is 28.7 Å². The zero-order valence-corrected chi connectivity index (χ0v) is 15.0. The van der Waals surface area contributed by atoms with Gasteiger partial charge in [-0.25, -0.2) is 9.78 Å². The topological polar surface area (TPSA) is 108 Å². The first-order valence-electron chi connectivity index (χ1n) is 7.48. The van der Waals surface area contributed by atoms with E-state index in [0.717, 1.165) is 5.56 Å². The lowest BCUT2D eigenvalue weighted by Crippen LogP contribution is -2.18. The van der Waals surface area contributed by atoms with E-state index in [1.165, 1.54) is 18.4 Å². The Labute approximate surface area is 149 Å². The number of hydrogen-bond acceptors (Lipinski definition) is 9. The molecule has 2 rings (SSSR count). The number of nitrogens with zero attached hydrogens (tertiary/aromatic N) is 2. The van der Waals surface area contributed by atoms with Crippen LogP contribution in [0, 0.1) is 0 Å². The highest BCUT2D eigenvalue weighted by Gasteiger charge is 2.10. The summed E-state index contributed by atoms with van der Waals surface area (Å²) in [7, 11) is 1.52. The maximum Gasteiger partial charge on any atom is 0.344 e. The second-order valence-corrected chi connectivity index (χ2v) is 6.04. The summed E-state index contributed by atoms with van der Waals surface area (Å²) in [5, 5.41) is 6.40. The molecule has 3 N–H and O–H groups in total. The van der Waals surface area contributed by atoms with Crippen molar-refractivity contribution in [2.24, 2.45) is 5.10 Å². The third-order valence-electron chi connectivity index (χ3n) is 2.80. The molecule has 9 heteroatoms. The number of carbonyl (C=O) groups excluding carboxylic acids is 1. The maximum atomic E-state index is 11.5. The van der Waals surface area contributed by atoms with E-state index in [-0.39, 0.29) is 12.7 Å². The van der Waals surface area contributed by atoms with Crippen molar-refractivity contribution in [2.75, 3.05) is 24.9 Å². The highest BCUT2D eigenvalue weighted by atomic mass is 32.1. The molecule has 0 aliphatic rings. The zero-order chi connectivity index (χ0) is 18.2. The molecule has 0 saturated heterocycles. The number of benzene rings is 1. The van der Waals surface area contributed by atoms with Gasteiger partial charge in [0.05, 0.1) is 19.4 Å². The quantitative estimate of drug-likeness (QED) is 0.421. The number of nitrogens with one attached hydrogen (secondary N) is 1. The summed E-state index contributed by atoms with van der Waals surface area (Å²) in [5.74, 6) is 0.942. The van der Waals surface area contributed by atoms with Crippen LogP contribution in [0.25, 0.3) is 0 Å².